The summed E-state index contributed by atoms with van der Waals surface area (Å²) in [5, 5.41) is 5.93. The predicted octanol–water partition coefficient (Wildman–Crippen LogP) is 2.72. The van der Waals surface area contributed by atoms with Crippen molar-refractivity contribution in [3.63, 3.8) is 0 Å². The lowest BCUT2D eigenvalue weighted by molar-refractivity contribution is 0.214. The Morgan fingerprint density at radius 1 is 1.10 bits per heavy atom. The molecule has 2 aromatic carbocycles. The van der Waals surface area contributed by atoms with Crippen molar-refractivity contribution in [1.82, 2.24) is 5.32 Å². The lowest BCUT2D eigenvalue weighted by Crippen LogP contribution is -2.30. The Morgan fingerprint density at radius 2 is 1.90 bits per heavy atom. The van der Waals surface area contributed by atoms with Crippen LogP contribution in [-0.2, 0) is 6.42 Å². The molecular weight excluding hydrogens is 260 g/mol. The maximum atomic E-state index is 6.15. The zero-order chi connectivity index (χ0) is 14.5. The van der Waals surface area contributed by atoms with Gasteiger partial charge in [0.05, 0.1) is 6.61 Å². The zero-order valence-corrected chi connectivity index (χ0v) is 12.5. The Balaban J connectivity index is 1.81. The highest BCUT2D eigenvalue weighted by Crippen LogP contribution is 2.29. The van der Waals surface area contributed by atoms with Crippen molar-refractivity contribution >= 4 is 10.8 Å². The van der Waals surface area contributed by atoms with Gasteiger partial charge in [-0.15, -0.1) is 0 Å². The van der Waals surface area contributed by atoms with Gasteiger partial charge in [-0.3, -0.25) is 0 Å². The first-order valence-corrected chi connectivity index (χ1v) is 7.92. The second-order valence-corrected chi connectivity index (χ2v) is 5.81. The fourth-order valence-corrected chi connectivity index (χ4v) is 3.11. The highest BCUT2D eigenvalue weighted by molar-refractivity contribution is 5.87. The summed E-state index contributed by atoms with van der Waals surface area (Å²) in [5.41, 5.74) is 7.05. The summed E-state index contributed by atoms with van der Waals surface area (Å²) in [6, 6.07) is 12.7. The van der Waals surface area contributed by atoms with Gasteiger partial charge < -0.3 is 15.8 Å². The van der Waals surface area contributed by atoms with Crippen LogP contribution in [0.3, 0.4) is 0 Å². The predicted molar refractivity (Wildman–Crippen MR) is 87.8 cm³/mol. The van der Waals surface area contributed by atoms with Gasteiger partial charge in [-0.2, -0.15) is 0 Å². The van der Waals surface area contributed by atoms with Crippen LogP contribution in [0.4, 0.5) is 0 Å². The Hall–Kier alpha value is -1.58. The number of hydrogen-bond acceptors (Lipinski definition) is 3. The molecular formula is C18H24N2O. The smallest absolute Gasteiger partial charge is 0.123 e. The van der Waals surface area contributed by atoms with Crippen LogP contribution in [0, 0.1) is 5.92 Å². The van der Waals surface area contributed by atoms with Crippen LogP contribution < -0.4 is 15.8 Å². The minimum atomic E-state index is 0.651. The molecule has 3 heteroatoms. The molecule has 0 spiro atoms. The molecule has 1 aliphatic rings. The molecule has 0 atom stereocenters. The van der Waals surface area contributed by atoms with Crippen molar-refractivity contribution < 1.29 is 4.74 Å². The molecule has 112 valence electrons. The third-order valence-electron chi connectivity index (χ3n) is 4.33. The monoisotopic (exact) mass is 284 g/mol. The Kier molecular flexibility index (Phi) is 4.73. The highest BCUT2D eigenvalue weighted by atomic mass is 16.5. The molecule has 0 bridgehead atoms. The van der Waals surface area contributed by atoms with E-state index in [0.29, 0.717) is 12.5 Å². The SMILES string of the molecule is NCCc1c(OCC2CCNCC2)ccc2ccccc12. The van der Waals surface area contributed by atoms with E-state index >= 15 is 0 Å². The number of piperidine rings is 1. The van der Waals surface area contributed by atoms with E-state index in [1.807, 2.05) is 0 Å². The fourth-order valence-electron chi connectivity index (χ4n) is 3.11. The number of hydrogen-bond donors (Lipinski definition) is 2. The van der Waals surface area contributed by atoms with Crippen LogP contribution in [0.15, 0.2) is 36.4 Å². The molecule has 1 aliphatic heterocycles. The summed E-state index contributed by atoms with van der Waals surface area (Å²) in [7, 11) is 0. The topological polar surface area (TPSA) is 47.3 Å². The molecule has 0 aromatic heterocycles. The Bertz CT molecular complexity index is 591. The largest absolute Gasteiger partial charge is 0.493 e. The minimum Gasteiger partial charge on any atom is -0.493 e. The van der Waals surface area contributed by atoms with Crippen molar-refractivity contribution in [2.24, 2.45) is 11.7 Å². The van der Waals surface area contributed by atoms with Crippen LogP contribution in [0.5, 0.6) is 5.75 Å². The fraction of sp³-hybridized carbons (Fsp3) is 0.444. The Labute approximate surface area is 126 Å². The van der Waals surface area contributed by atoms with E-state index in [9.17, 15) is 0 Å². The van der Waals surface area contributed by atoms with Gasteiger partial charge >= 0.3 is 0 Å². The third kappa shape index (κ3) is 3.36. The first kappa shape index (κ1) is 14.4. The normalized spacial score (nSPS) is 16.2. The lowest BCUT2D eigenvalue weighted by Gasteiger charge is -2.23. The number of nitrogens with two attached hydrogens (primary N) is 1. The summed E-state index contributed by atoms with van der Waals surface area (Å²) < 4.78 is 6.15. The molecule has 3 rings (SSSR count). The van der Waals surface area contributed by atoms with Crippen molar-refractivity contribution in [3.8, 4) is 5.75 Å². The van der Waals surface area contributed by atoms with E-state index in [1.54, 1.807) is 0 Å². The molecule has 0 saturated carbocycles. The number of fused-ring (bicyclic) bond motifs is 1. The summed E-state index contributed by atoms with van der Waals surface area (Å²) >= 11 is 0. The van der Waals surface area contributed by atoms with Crippen molar-refractivity contribution in [2.75, 3.05) is 26.2 Å². The molecule has 1 fully saturated rings. The molecule has 0 unspecified atom stereocenters. The van der Waals surface area contributed by atoms with Crippen LogP contribution in [0.1, 0.15) is 18.4 Å². The summed E-state index contributed by atoms with van der Waals surface area (Å²) in [6.07, 6.45) is 3.28. The van der Waals surface area contributed by atoms with Gasteiger partial charge in [-0.05, 0) is 61.7 Å². The lowest BCUT2D eigenvalue weighted by atomic mass is 9.98. The average Bonchev–Trinajstić information content (AvgIpc) is 2.55. The van der Waals surface area contributed by atoms with E-state index in [0.717, 1.165) is 31.9 Å². The number of benzene rings is 2. The van der Waals surface area contributed by atoms with Crippen LogP contribution in [0.25, 0.3) is 10.8 Å². The summed E-state index contributed by atoms with van der Waals surface area (Å²) in [5.74, 6) is 1.68. The standard InChI is InChI=1S/C18H24N2O/c19-10-7-17-16-4-2-1-3-15(16)5-6-18(17)21-13-14-8-11-20-12-9-14/h1-6,14,20H,7-13,19H2. The third-order valence-corrected chi connectivity index (χ3v) is 4.33. The van der Waals surface area contributed by atoms with Gasteiger partial charge in [-0.1, -0.05) is 30.3 Å². The average molecular weight is 284 g/mol. The second-order valence-electron chi connectivity index (χ2n) is 5.81. The Morgan fingerprint density at radius 3 is 2.71 bits per heavy atom. The maximum absolute atomic E-state index is 6.15. The highest BCUT2D eigenvalue weighted by Gasteiger charge is 2.15. The molecule has 1 heterocycles. The first-order chi connectivity index (χ1) is 10.4. The molecule has 3 nitrogen and oxygen atoms in total. The molecule has 2 aromatic rings. The molecule has 0 amide bonds. The van der Waals surface area contributed by atoms with Crippen LogP contribution >= 0.6 is 0 Å². The maximum Gasteiger partial charge on any atom is 0.123 e. The van der Waals surface area contributed by atoms with E-state index < -0.39 is 0 Å². The second kappa shape index (κ2) is 6.92. The number of rotatable bonds is 5. The van der Waals surface area contributed by atoms with Gasteiger partial charge in [-0.25, -0.2) is 0 Å². The van der Waals surface area contributed by atoms with Crippen LogP contribution in [0.2, 0.25) is 0 Å². The summed E-state index contributed by atoms with van der Waals surface area (Å²) in [4.78, 5) is 0. The molecule has 0 radical (unpaired) electrons. The molecule has 1 saturated heterocycles. The van der Waals surface area contributed by atoms with Crippen molar-refractivity contribution in [3.05, 3.63) is 42.0 Å². The summed E-state index contributed by atoms with van der Waals surface area (Å²) in [6.45, 7) is 3.69. The van der Waals surface area contributed by atoms with E-state index in [-0.39, 0.29) is 0 Å². The van der Waals surface area contributed by atoms with E-state index in [1.165, 1.54) is 29.2 Å². The molecule has 3 N–H and O–H groups in total. The van der Waals surface area contributed by atoms with Crippen LogP contribution in [-0.4, -0.2) is 26.2 Å². The molecule has 21 heavy (non-hydrogen) atoms. The van der Waals surface area contributed by atoms with Gasteiger partial charge in [0.25, 0.3) is 0 Å². The van der Waals surface area contributed by atoms with Crippen molar-refractivity contribution in [2.45, 2.75) is 19.3 Å². The van der Waals surface area contributed by atoms with E-state index in [4.69, 9.17) is 10.5 Å². The number of nitrogens with one attached hydrogen (secondary N) is 1. The van der Waals surface area contributed by atoms with Gasteiger partial charge in [0, 0.05) is 5.56 Å². The van der Waals surface area contributed by atoms with Gasteiger partial charge in [0.15, 0.2) is 0 Å². The van der Waals surface area contributed by atoms with E-state index in [2.05, 4.69) is 41.7 Å². The quantitative estimate of drug-likeness (QED) is 0.887. The minimum absolute atomic E-state index is 0.651. The molecule has 0 aliphatic carbocycles. The van der Waals surface area contributed by atoms with Gasteiger partial charge in [0.1, 0.15) is 5.75 Å². The first-order valence-electron chi connectivity index (χ1n) is 7.92. The van der Waals surface area contributed by atoms with Crippen molar-refractivity contribution in [1.29, 1.82) is 0 Å². The van der Waals surface area contributed by atoms with Gasteiger partial charge in [0.2, 0.25) is 0 Å². The number of ether oxygens (including phenoxy) is 1. The zero-order valence-electron chi connectivity index (χ0n) is 12.5.